The quantitative estimate of drug-likeness (QED) is 0.206. The van der Waals surface area contributed by atoms with Crippen LogP contribution in [0.3, 0.4) is 0 Å². The number of carbonyl (C=O) groups excluding carboxylic acids is 1. The van der Waals surface area contributed by atoms with E-state index in [1.54, 1.807) is 30.3 Å². The van der Waals surface area contributed by atoms with Gasteiger partial charge in [0.15, 0.2) is 0 Å². The van der Waals surface area contributed by atoms with E-state index >= 15 is 0 Å². The Kier molecular flexibility index (Phi) is 7.78. The second-order valence-corrected chi connectivity index (χ2v) is 14.2. The maximum absolute atomic E-state index is 12.5. The molecule has 1 saturated heterocycles. The number of hydrogen-bond acceptors (Lipinski definition) is 4. The number of hydrogen-bond donors (Lipinski definition) is 1. The standard InChI is InChI=1S/C34H30Cl2N4O3S/c1-34(2,3)25-13-11-24(12-14-25)23-9-7-22(8-10-23)17-32-37-31(29-16-15-26(35)18-30(29)36)20-39(32)27-5-4-6-28(19-27)40-21-33(41)38-44(40,42)43/h4-16,18-20H,17,21H2,1-3H3,(H,38,41). The van der Waals surface area contributed by atoms with Gasteiger partial charge >= 0.3 is 10.2 Å². The van der Waals surface area contributed by atoms with E-state index in [1.165, 1.54) is 5.56 Å². The van der Waals surface area contributed by atoms with Crippen LogP contribution >= 0.6 is 23.2 Å². The zero-order valence-electron chi connectivity index (χ0n) is 24.4. The van der Waals surface area contributed by atoms with Gasteiger partial charge in [0.2, 0.25) is 0 Å². The first-order valence-electron chi connectivity index (χ1n) is 14.0. The molecule has 6 rings (SSSR count). The Morgan fingerprint density at radius 2 is 1.52 bits per heavy atom. The molecular weight excluding hydrogens is 615 g/mol. The van der Waals surface area contributed by atoms with E-state index in [1.807, 2.05) is 27.6 Å². The molecule has 0 aliphatic carbocycles. The Labute approximate surface area is 267 Å². The van der Waals surface area contributed by atoms with Crippen molar-refractivity contribution in [3.63, 3.8) is 0 Å². The number of aromatic nitrogens is 2. The molecule has 0 atom stereocenters. The first kappa shape index (κ1) is 29.9. The second-order valence-electron chi connectivity index (χ2n) is 11.8. The summed E-state index contributed by atoms with van der Waals surface area (Å²) >= 11 is 12.7. The average Bonchev–Trinajstić information content (AvgIpc) is 3.51. The number of benzene rings is 4. The third-order valence-electron chi connectivity index (χ3n) is 7.60. The molecule has 224 valence electrons. The van der Waals surface area contributed by atoms with Gasteiger partial charge in [0.05, 0.1) is 16.4 Å². The minimum absolute atomic E-state index is 0.0932. The highest BCUT2D eigenvalue weighted by Gasteiger charge is 2.34. The largest absolute Gasteiger partial charge is 0.326 e. The van der Waals surface area contributed by atoms with Crippen molar-refractivity contribution in [2.75, 3.05) is 10.8 Å². The SMILES string of the molecule is CC(C)(C)c1ccc(-c2ccc(Cc3nc(-c4ccc(Cl)cc4Cl)cn3-c3cccc(N4CC(=O)NS4(=O)=O)c3)cc2)cc1. The maximum atomic E-state index is 12.5. The number of carbonyl (C=O) groups is 1. The Bertz CT molecular complexity index is 1980. The first-order chi connectivity index (χ1) is 20.9. The van der Waals surface area contributed by atoms with Crippen LogP contribution in [0.5, 0.6) is 0 Å². The van der Waals surface area contributed by atoms with E-state index < -0.39 is 16.1 Å². The summed E-state index contributed by atoms with van der Waals surface area (Å²) in [5.74, 6) is 0.149. The van der Waals surface area contributed by atoms with Crippen LogP contribution in [-0.2, 0) is 26.8 Å². The van der Waals surface area contributed by atoms with Crippen molar-refractivity contribution in [1.82, 2.24) is 14.3 Å². The summed E-state index contributed by atoms with van der Waals surface area (Å²) in [6.45, 7) is 6.33. The summed E-state index contributed by atoms with van der Waals surface area (Å²) < 4.78 is 30.0. The molecule has 10 heteroatoms. The van der Waals surface area contributed by atoms with Crippen molar-refractivity contribution in [1.29, 1.82) is 0 Å². The van der Waals surface area contributed by atoms with Gasteiger partial charge in [-0.25, -0.2) is 14.0 Å². The van der Waals surface area contributed by atoms with Gasteiger partial charge in [-0.1, -0.05) is 98.6 Å². The van der Waals surface area contributed by atoms with E-state index in [2.05, 4.69) is 69.3 Å². The lowest BCUT2D eigenvalue weighted by Gasteiger charge is -2.19. The van der Waals surface area contributed by atoms with Gasteiger partial charge in [-0.2, -0.15) is 8.42 Å². The van der Waals surface area contributed by atoms with Gasteiger partial charge in [0.25, 0.3) is 5.91 Å². The van der Waals surface area contributed by atoms with E-state index in [0.717, 1.165) is 32.4 Å². The summed E-state index contributed by atoms with van der Waals surface area (Å²) in [7, 11) is -3.95. The van der Waals surface area contributed by atoms with E-state index in [0.29, 0.717) is 33.5 Å². The van der Waals surface area contributed by atoms with Crippen molar-refractivity contribution >= 4 is 45.0 Å². The molecular formula is C34H30Cl2N4O3S. The fourth-order valence-electron chi connectivity index (χ4n) is 5.23. The van der Waals surface area contributed by atoms with Gasteiger partial charge in [0.1, 0.15) is 12.4 Å². The lowest BCUT2D eigenvalue weighted by atomic mass is 9.86. The van der Waals surface area contributed by atoms with Crippen molar-refractivity contribution in [2.24, 2.45) is 0 Å². The predicted molar refractivity (Wildman–Crippen MR) is 177 cm³/mol. The van der Waals surface area contributed by atoms with Gasteiger partial charge in [-0.15, -0.1) is 0 Å². The molecule has 1 fully saturated rings. The molecule has 1 N–H and O–H groups in total. The number of nitrogens with one attached hydrogen (secondary N) is 1. The highest BCUT2D eigenvalue weighted by Crippen LogP contribution is 2.33. The molecule has 0 bridgehead atoms. The zero-order valence-corrected chi connectivity index (χ0v) is 26.7. The molecule has 44 heavy (non-hydrogen) atoms. The van der Waals surface area contributed by atoms with Crippen molar-refractivity contribution in [3.8, 4) is 28.1 Å². The molecule has 0 unspecified atom stereocenters. The van der Waals surface area contributed by atoms with E-state index in [9.17, 15) is 13.2 Å². The lowest BCUT2D eigenvalue weighted by molar-refractivity contribution is -0.117. The summed E-state index contributed by atoms with van der Waals surface area (Å²) in [5, 5.41) is 0.992. The van der Waals surface area contributed by atoms with Crippen LogP contribution in [0.25, 0.3) is 28.1 Å². The van der Waals surface area contributed by atoms with Gasteiger partial charge in [-0.05, 0) is 64.1 Å². The minimum atomic E-state index is -3.95. The Morgan fingerprint density at radius 3 is 2.14 bits per heavy atom. The third-order valence-corrected chi connectivity index (χ3v) is 9.56. The zero-order chi connectivity index (χ0) is 31.2. The molecule has 4 aromatic carbocycles. The van der Waals surface area contributed by atoms with Crippen LogP contribution in [0.15, 0.2) is 97.2 Å². The molecule has 1 aliphatic heterocycles. The van der Waals surface area contributed by atoms with Crippen molar-refractivity contribution < 1.29 is 13.2 Å². The average molecular weight is 646 g/mol. The lowest BCUT2D eigenvalue weighted by Crippen LogP contribution is -2.29. The summed E-state index contributed by atoms with van der Waals surface area (Å²) in [4.78, 5) is 16.8. The first-order valence-corrected chi connectivity index (χ1v) is 16.2. The van der Waals surface area contributed by atoms with Crippen LogP contribution in [-0.4, -0.2) is 30.4 Å². The molecule has 0 spiro atoms. The van der Waals surface area contributed by atoms with Crippen LogP contribution < -0.4 is 9.03 Å². The molecule has 2 heterocycles. The maximum Gasteiger partial charge on any atom is 0.326 e. The topological polar surface area (TPSA) is 84.3 Å². The van der Waals surface area contributed by atoms with Crippen LogP contribution in [0.1, 0.15) is 37.7 Å². The van der Waals surface area contributed by atoms with Gasteiger partial charge < -0.3 is 4.57 Å². The van der Waals surface area contributed by atoms with Gasteiger partial charge in [-0.3, -0.25) is 4.79 Å². The third kappa shape index (κ3) is 6.11. The van der Waals surface area contributed by atoms with Crippen molar-refractivity contribution in [2.45, 2.75) is 32.6 Å². The van der Waals surface area contributed by atoms with Crippen molar-refractivity contribution in [3.05, 3.63) is 124 Å². The van der Waals surface area contributed by atoms with E-state index in [-0.39, 0.29) is 12.0 Å². The molecule has 0 saturated carbocycles. The van der Waals surface area contributed by atoms with Crippen LogP contribution in [0.4, 0.5) is 5.69 Å². The summed E-state index contributed by atoms with van der Waals surface area (Å²) in [6, 6.07) is 29.3. The van der Waals surface area contributed by atoms with Crippen LogP contribution in [0, 0.1) is 0 Å². The van der Waals surface area contributed by atoms with Crippen LogP contribution in [0.2, 0.25) is 10.0 Å². The number of anilines is 1. The number of halogens is 2. The Hall–Kier alpha value is -4.11. The summed E-state index contributed by atoms with van der Waals surface area (Å²) in [5.41, 5.74) is 7.12. The molecule has 1 amide bonds. The normalized spacial score (nSPS) is 14.6. The monoisotopic (exact) mass is 644 g/mol. The number of imidazole rings is 1. The molecule has 0 radical (unpaired) electrons. The minimum Gasteiger partial charge on any atom is -0.303 e. The Morgan fingerprint density at radius 1 is 0.864 bits per heavy atom. The fourth-order valence-corrected chi connectivity index (χ4v) is 6.87. The molecule has 1 aromatic heterocycles. The molecule has 5 aromatic rings. The van der Waals surface area contributed by atoms with E-state index in [4.69, 9.17) is 28.2 Å². The predicted octanol–water partition coefficient (Wildman–Crippen LogP) is 7.58. The highest BCUT2D eigenvalue weighted by atomic mass is 35.5. The molecule has 7 nitrogen and oxygen atoms in total. The Balaban J connectivity index is 1.36. The number of amides is 1. The number of rotatable bonds is 6. The summed E-state index contributed by atoms with van der Waals surface area (Å²) in [6.07, 6.45) is 2.37. The molecule has 1 aliphatic rings. The highest BCUT2D eigenvalue weighted by molar-refractivity contribution is 7.92. The smallest absolute Gasteiger partial charge is 0.303 e. The second kappa shape index (κ2) is 11.4. The van der Waals surface area contributed by atoms with Gasteiger partial charge in [0, 0.05) is 28.9 Å². The fraction of sp³-hybridized carbons (Fsp3) is 0.176. The number of nitrogens with zero attached hydrogens (tertiary/aromatic N) is 3.